The van der Waals surface area contributed by atoms with E-state index < -0.39 is 0 Å². The Hall–Kier alpha value is -1.33. The average Bonchev–Trinajstić information content (AvgIpc) is 2.78. The van der Waals surface area contributed by atoms with E-state index in [0.29, 0.717) is 6.61 Å². The van der Waals surface area contributed by atoms with Gasteiger partial charge in [-0.3, -0.25) is 4.68 Å². The van der Waals surface area contributed by atoms with Crippen molar-refractivity contribution < 1.29 is 4.74 Å². The lowest BCUT2D eigenvalue weighted by atomic mass is 10.1. The molecule has 114 valence electrons. The molecule has 0 aliphatic heterocycles. The van der Waals surface area contributed by atoms with Gasteiger partial charge in [-0.25, -0.2) is 0 Å². The van der Waals surface area contributed by atoms with Gasteiger partial charge < -0.3 is 10.1 Å². The van der Waals surface area contributed by atoms with Crippen LogP contribution in [0.25, 0.3) is 0 Å². The van der Waals surface area contributed by atoms with Crippen LogP contribution in [-0.4, -0.2) is 16.8 Å². The van der Waals surface area contributed by atoms with Crippen molar-refractivity contribution in [3.63, 3.8) is 0 Å². The number of nitrogens with zero attached hydrogens (tertiary/aromatic N) is 2. The van der Waals surface area contributed by atoms with Crippen LogP contribution in [0.1, 0.15) is 29.4 Å². The average molecular weight is 352 g/mol. The van der Waals surface area contributed by atoms with Crippen LogP contribution in [0.15, 0.2) is 22.7 Å². The van der Waals surface area contributed by atoms with Gasteiger partial charge in [0.05, 0.1) is 11.4 Å². The van der Waals surface area contributed by atoms with Gasteiger partial charge in [-0.1, -0.05) is 15.9 Å². The van der Waals surface area contributed by atoms with Crippen LogP contribution in [0.5, 0.6) is 5.75 Å². The van der Waals surface area contributed by atoms with Gasteiger partial charge in [-0.05, 0) is 51.6 Å². The third kappa shape index (κ3) is 3.86. The van der Waals surface area contributed by atoms with E-state index in [1.165, 1.54) is 0 Å². The minimum absolute atomic E-state index is 0.536. The molecule has 1 N–H and O–H groups in total. The van der Waals surface area contributed by atoms with E-state index in [1.54, 1.807) is 0 Å². The lowest BCUT2D eigenvalue weighted by molar-refractivity contribution is 0.287. The Labute approximate surface area is 134 Å². The molecule has 1 aromatic carbocycles. The van der Waals surface area contributed by atoms with Crippen LogP contribution in [0.3, 0.4) is 0 Å². The predicted molar refractivity (Wildman–Crippen MR) is 88.6 cm³/mol. The number of ether oxygens (including phenoxy) is 1. The van der Waals surface area contributed by atoms with E-state index in [2.05, 4.69) is 58.4 Å². The topological polar surface area (TPSA) is 39.1 Å². The van der Waals surface area contributed by atoms with Gasteiger partial charge in [-0.15, -0.1) is 0 Å². The summed E-state index contributed by atoms with van der Waals surface area (Å²) in [6.45, 7) is 8.34. The molecule has 0 radical (unpaired) electrons. The first kappa shape index (κ1) is 16.0. The quantitative estimate of drug-likeness (QED) is 0.864. The molecule has 0 saturated heterocycles. The number of nitrogens with one attached hydrogen (secondary N) is 1. The lowest BCUT2D eigenvalue weighted by Gasteiger charge is -2.15. The molecule has 0 fully saturated rings. The molecule has 0 bridgehead atoms. The van der Waals surface area contributed by atoms with Gasteiger partial charge in [0.15, 0.2) is 0 Å². The summed E-state index contributed by atoms with van der Waals surface area (Å²) >= 11 is 3.54. The fourth-order valence-corrected chi connectivity index (χ4v) is 3.08. The molecule has 0 spiro atoms. The zero-order valence-electron chi connectivity index (χ0n) is 13.0. The molecule has 0 aliphatic carbocycles. The van der Waals surface area contributed by atoms with Crippen molar-refractivity contribution >= 4 is 15.9 Å². The molecule has 4 nitrogen and oxygen atoms in total. The zero-order valence-corrected chi connectivity index (χ0v) is 14.6. The molecule has 0 amide bonds. The van der Waals surface area contributed by atoms with E-state index in [9.17, 15) is 0 Å². The molecule has 1 aromatic heterocycles. The molecular formula is C16H22BrN3O. The van der Waals surface area contributed by atoms with Gasteiger partial charge in [0.25, 0.3) is 0 Å². The summed E-state index contributed by atoms with van der Waals surface area (Å²) in [6, 6.07) is 6.26. The molecule has 0 unspecified atom stereocenters. The van der Waals surface area contributed by atoms with Crippen molar-refractivity contribution in [1.29, 1.82) is 0 Å². The minimum atomic E-state index is 0.536. The smallest absolute Gasteiger partial charge is 0.130 e. The standard InChI is InChI=1S/C16H22BrN3O/c1-5-20-15(7-12(3)19-20)10-21-16-11(2)6-14(17)8-13(16)9-18-4/h6-8,18H,5,9-10H2,1-4H3. The fraction of sp³-hybridized carbons (Fsp3) is 0.438. The predicted octanol–water partition coefficient (Wildman–Crippen LogP) is 3.58. The number of aromatic nitrogens is 2. The van der Waals surface area contributed by atoms with Crippen molar-refractivity contribution in [2.45, 2.75) is 40.5 Å². The number of hydrogen-bond acceptors (Lipinski definition) is 3. The number of rotatable bonds is 6. The Morgan fingerprint density at radius 1 is 1.29 bits per heavy atom. The maximum Gasteiger partial charge on any atom is 0.130 e. The number of hydrogen-bond donors (Lipinski definition) is 1. The Morgan fingerprint density at radius 3 is 2.71 bits per heavy atom. The highest BCUT2D eigenvalue weighted by atomic mass is 79.9. The fourth-order valence-electron chi connectivity index (χ4n) is 2.46. The van der Waals surface area contributed by atoms with Crippen LogP contribution >= 0.6 is 15.9 Å². The van der Waals surface area contributed by atoms with Gasteiger partial charge in [0, 0.05) is 23.1 Å². The highest BCUT2D eigenvalue weighted by molar-refractivity contribution is 9.10. The van der Waals surface area contributed by atoms with E-state index in [1.807, 2.05) is 18.7 Å². The minimum Gasteiger partial charge on any atom is -0.487 e. The van der Waals surface area contributed by atoms with Crippen molar-refractivity contribution in [3.8, 4) is 5.75 Å². The third-order valence-electron chi connectivity index (χ3n) is 3.33. The van der Waals surface area contributed by atoms with Gasteiger partial charge in [0.2, 0.25) is 0 Å². The zero-order chi connectivity index (χ0) is 15.4. The second-order valence-electron chi connectivity index (χ2n) is 5.12. The molecule has 0 atom stereocenters. The van der Waals surface area contributed by atoms with Crippen LogP contribution < -0.4 is 10.1 Å². The summed E-state index contributed by atoms with van der Waals surface area (Å²) in [5, 5.41) is 7.64. The van der Waals surface area contributed by atoms with Crippen LogP contribution in [-0.2, 0) is 19.7 Å². The second-order valence-corrected chi connectivity index (χ2v) is 6.04. The molecule has 2 rings (SSSR count). The highest BCUT2D eigenvalue weighted by Gasteiger charge is 2.11. The maximum absolute atomic E-state index is 6.10. The molecule has 21 heavy (non-hydrogen) atoms. The van der Waals surface area contributed by atoms with Crippen molar-refractivity contribution in [2.24, 2.45) is 0 Å². The first-order chi connectivity index (χ1) is 10.0. The van der Waals surface area contributed by atoms with Crippen LogP contribution in [0, 0.1) is 13.8 Å². The number of aryl methyl sites for hydroxylation is 3. The Morgan fingerprint density at radius 2 is 2.05 bits per heavy atom. The summed E-state index contributed by atoms with van der Waals surface area (Å²) < 4.78 is 9.16. The monoisotopic (exact) mass is 351 g/mol. The summed E-state index contributed by atoms with van der Waals surface area (Å²) in [4.78, 5) is 0. The first-order valence-corrected chi connectivity index (χ1v) is 7.94. The van der Waals surface area contributed by atoms with Crippen molar-refractivity contribution in [3.05, 3.63) is 45.2 Å². The molecule has 2 aromatic rings. The summed E-state index contributed by atoms with van der Waals surface area (Å²) in [5.74, 6) is 0.953. The lowest BCUT2D eigenvalue weighted by Crippen LogP contribution is -2.10. The molecule has 0 saturated carbocycles. The van der Waals surface area contributed by atoms with E-state index in [-0.39, 0.29) is 0 Å². The molecule has 1 heterocycles. The molecule has 5 heteroatoms. The molecule has 0 aliphatic rings. The van der Waals surface area contributed by atoms with Crippen LogP contribution in [0.2, 0.25) is 0 Å². The normalized spacial score (nSPS) is 10.9. The summed E-state index contributed by atoms with van der Waals surface area (Å²) in [6.07, 6.45) is 0. The van der Waals surface area contributed by atoms with Crippen LogP contribution in [0.4, 0.5) is 0 Å². The Bertz CT molecular complexity index is 622. The Balaban J connectivity index is 2.22. The van der Waals surface area contributed by atoms with E-state index >= 15 is 0 Å². The molecular weight excluding hydrogens is 330 g/mol. The van der Waals surface area contributed by atoms with Gasteiger partial charge >= 0.3 is 0 Å². The van der Waals surface area contributed by atoms with E-state index in [4.69, 9.17) is 4.74 Å². The Kier molecular flexibility index (Phi) is 5.42. The van der Waals surface area contributed by atoms with Crippen molar-refractivity contribution in [1.82, 2.24) is 15.1 Å². The van der Waals surface area contributed by atoms with Crippen molar-refractivity contribution in [2.75, 3.05) is 7.05 Å². The number of benzene rings is 1. The van der Waals surface area contributed by atoms with E-state index in [0.717, 1.165) is 45.8 Å². The SMILES string of the molecule is CCn1nc(C)cc1COc1c(C)cc(Br)cc1CNC. The number of halogens is 1. The largest absolute Gasteiger partial charge is 0.487 e. The summed E-state index contributed by atoms with van der Waals surface area (Å²) in [5.41, 5.74) is 4.42. The second kappa shape index (κ2) is 7.09. The first-order valence-electron chi connectivity index (χ1n) is 7.15. The highest BCUT2D eigenvalue weighted by Crippen LogP contribution is 2.28. The maximum atomic E-state index is 6.10. The third-order valence-corrected chi connectivity index (χ3v) is 3.79. The summed E-state index contributed by atoms with van der Waals surface area (Å²) in [7, 11) is 1.94. The van der Waals surface area contributed by atoms with Gasteiger partial charge in [-0.2, -0.15) is 5.10 Å². The van der Waals surface area contributed by atoms with Gasteiger partial charge in [0.1, 0.15) is 12.4 Å².